The molecule has 2 heterocycles. The summed E-state index contributed by atoms with van der Waals surface area (Å²) >= 11 is 0. The van der Waals surface area contributed by atoms with Crippen LogP contribution in [0.3, 0.4) is 0 Å². The van der Waals surface area contributed by atoms with Gasteiger partial charge < -0.3 is 10.6 Å². The van der Waals surface area contributed by atoms with E-state index in [0.29, 0.717) is 5.92 Å². The summed E-state index contributed by atoms with van der Waals surface area (Å²) in [6.45, 7) is 7.40. The van der Waals surface area contributed by atoms with Crippen LogP contribution >= 0.6 is 0 Å². The Bertz CT molecular complexity index is 386. The van der Waals surface area contributed by atoms with Gasteiger partial charge >= 0.3 is 0 Å². The number of aliphatic imine (C=N–C) groups is 1. The van der Waals surface area contributed by atoms with Gasteiger partial charge in [0.1, 0.15) is 6.17 Å². The van der Waals surface area contributed by atoms with E-state index in [1.165, 1.54) is 5.57 Å². The molecule has 16 heavy (non-hydrogen) atoms. The van der Waals surface area contributed by atoms with Crippen molar-refractivity contribution in [3.63, 3.8) is 0 Å². The summed E-state index contributed by atoms with van der Waals surface area (Å²) in [5.74, 6) is 0.609. The van der Waals surface area contributed by atoms with Crippen LogP contribution in [0, 0.1) is 5.92 Å². The van der Waals surface area contributed by atoms with E-state index in [0.717, 1.165) is 17.8 Å². The van der Waals surface area contributed by atoms with E-state index in [1.54, 1.807) is 0 Å². The third-order valence-electron chi connectivity index (χ3n) is 2.92. The van der Waals surface area contributed by atoms with Gasteiger partial charge in [0.25, 0.3) is 0 Å². The molecule has 2 N–H and O–H groups in total. The quantitative estimate of drug-likeness (QED) is 0.742. The molecule has 0 aromatic rings. The first-order valence-corrected chi connectivity index (χ1v) is 5.81. The zero-order valence-corrected chi connectivity index (χ0v) is 10.1. The molecule has 0 aliphatic carbocycles. The van der Waals surface area contributed by atoms with Gasteiger partial charge in [0.2, 0.25) is 0 Å². The Hall–Kier alpha value is -1.51. The fourth-order valence-electron chi connectivity index (χ4n) is 1.73. The number of hydrogen-bond donors (Lipinski definition) is 2. The second-order valence-corrected chi connectivity index (χ2v) is 4.55. The average Bonchev–Trinajstić information content (AvgIpc) is 2.30. The Morgan fingerprint density at radius 3 is 2.69 bits per heavy atom. The van der Waals surface area contributed by atoms with Crippen LogP contribution in [-0.2, 0) is 0 Å². The van der Waals surface area contributed by atoms with Crippen LogP contribution in [0.1, 0.15) is 20.8 Å². The van der Waals surface area contributed by atoms with Crippen molar-refractivity contribution in [2.75, 3.05) is 6.54 Å². The van der Waals surface area contributed by atoms with Gasteiger partial charge in [0, 0.05) is 30.2 Å². The topological polar surface area (TPSA) is 36.4 Å². The predicted octanol–water partition coefficient (Wildman–Crippen LogP) is 1.96. The molecular weight excluding hydrogens is 198 g/mol. The normalized spacial score (nSPS) is 24.2. The highest BCUT2D eigenvalue weighted by Crippen LogP contribution is 2.17. The Morgan fingerprint density at radius 2 is 2.19 bits per heavy atom. The van der Waals surface area contributed by atoms with Crippen LogP contribution in [0.15, 0.2) is 40.2 Å². The highest BCUT2D eigenvalue weighted by Gasteiger charge is 2.12. The second kappa shape index (κ2) is 4.56. The van der Waals surface area contributed by atoms with E-state index < -0.39 is 0 Å². The molecule has 3 nitrogen and oxygen atoms in total. The molecule has 0 bridgehead atoms. The van der Waals surface area contributed by atoms with Crippen molar-refractivity contribution in [2.45, 2.75) is 26.9 Å². The SMILES string of the molecule is CC1N=CC(C2=CC=C(C(C)C)CN2)=CN1. The predicted molar refractivity (Wildman–Crippen MR) is 68.2 cm³/mol. The summed E-state index contributed by atoms with van der Waals surface area (Å²) in [6, 6.07) is 0. The fraction of sp³-hybridized carbons (Fsp3) is 0.462. The molecule has 0 aromatic heterocycles. The average molecular weight is 217 g/mol. The third-order valence-corrected chi connectivity index (χ3v) is 2.92. The van der Waals surface area contributed by atoms with Crippen LogP contribution in [0.25, 0.3) is 0 Å². The van der Waals surface area contributed by atoms with Gasteiger partial charge in [0.05, 0.1) is 0 Å². The molecule has 0 saturated carbocycles. The number of nitrogens with zero attached hydrogens (tertiary/aromatic N) is 1. The minimum atomic E-state index is 0.190. The summed E-state index contributed by atoms with van der Waals surface area (Å²) in [6.07, 6.45) is 8.48. The molecule has 86 valence electrons. The molecule has 0 spiro atoms. The summed E-state index contributed by atoms with van der Waals surface area (Å²) < 4.78 is 0. The summed E-state index contributed by atoms with van der Waals surface area (Å²) in [4.78, 5) is 4.33. The minimum Gasteiger partial charge on any atom is -0.381 e. The van der Waals surface area contributed by atoms with Crippen molar-refractivity contribution in [3.05, 3.63) is 35.2 Å². The molecule has 0 aromatic carbocycles. The van der Waals surface area contributed by atoms with Crippen LogP contribution in [0.5, 0.6) is 0 Å². The zero-order valence-electron chi connectivity index (χ0n) is 10.1. The number of nitrogens with one attached hydrogen (secondary N) is 2. The van der Waals surface area contributed by atoms with Crippen LogP contribution in [0.4, 0.5) is 0 Å². The lowest BCUT2D eigenvalue weighted by molar-refractivity contribution is 0.661. The third kappa shape index (κ3) is 2.35. The molecule has 2 aliphatic heterocycles. The van der Waals surface area contributed by atoms with Crippen LogP contribution in [-0.4, -0.2) is 18.9 Å². The molecule has 0 fully saturated rings. The van der Waals surface area contributed by atoms with Crippen molar-refractivity contribution in [1.29, 1.82) is 0 Å². The molecule has 1 unspecified atom stereocenters. The first-order valence-electron chi connectivity index (χ1n) is 5.81. The number of dihydropyridines is 1. The minimum absolute atomic E-state index is 0.190. The van der Waals surface area contributed by atoms with E-state index in [9.17, 15) is 0 Å². The van der Waals surface area contributed by atoms with E-state index in [4.69, 9.17) is 0 Å². The summed E-state index contributed by atoms with van der Waals surface area (Å²) in [7, 11) is 0. The van der Waals surface area contributed by atoms with Crippen LogP contribution < -0.4 is 10.6 Å². The van der Waals surface area contributed by atoms with E-state index in [-0.39, 0.29) is 6.17 Å². The van der Waals surface area contributed by atoms with Gasteiger partial charge in [-0.05, 0) is 24.5 Å². The van der Waals surface area contributed by atoms with Crippen molar-refractivity contribution in [3.8, 4) is 0 Å². The molecular formula is C13H19N3. The Morgan fingerprint density at radius 1 is 1.38 bits per heavy atom. The van der Waals surface area contributed by atoms with Gasteiger partial charge in [-0.3, -0.25) is 4.99 Å². The van der Waals surface area contributed by atoms with Crippen LogP contribution in [0.2, 0.25) is 0 Å². The molecule has 1 atom stereocenters. The van der Waals surface area contributed by atoms with Gasteiger partial charge in [-0.15, -0.1) is 0 Å². The molecule has 3 heteroatoms. The van der Waals surface area contributed by atoms with Crippen molar-refractivity contribution in [2.24, 2.45) is 10.9 Å². The van der Waals surface area contributed by atoms with Crippen molar-refractivity contribution < 1.29 is 0 Å². The van der Waals surface area contributed by atoms with E-state index in [2.05, 4.69) is 41.6 Å². The molecule has 0 radical (unpaired) electrons. The summed E-state index contributed by atoms with van der Waals surface area (Å²) in [5, 5.41) is 6.63. The largest absolute Gasteiger partial charge is 0.381 e. The first kappa shape index (κ1) is 11.0. The van der Waals surface area contributed by atoms with Crippen molar-refractivity contribution in [1.82, 2.24) is 10.6 Å². The maximum atomic E-state index is 4.33. The number of hydrogen-bond acceptors (Lipinski definition) is 3. The fourth-order valence-corrected chi connectivity index (χ4v) is 1.73. The van der Waals surface area contributed by atoms with Gasteiger partial charge in [0.15, 0.2) is 0 Å². The lowest BCUT2D eigenvalue weighted by Crippen LogP contribution is -2.28. The number of allylic oxidation sites excluding steroid dienone is 3. The highest BCUT2D eigenvalue weighted by atomic mass is 15.1. The smallest absolute Gasteiger partial charge is 0.115 e. The Labute approximate surface area is 97.0 Å². The lowest BCUT2D eigenvalue weighted by Gasteiger charge is -2.22. The molecule has 2 rings (SSSR count). The van der Waals surface area contributed by atoms with Gasteiger partial charge in [-0.2, -0.15) is 0 Å². The highest BCUT2D eigenvalue weighted by molar-refractivity contribution is 5.85. The van der Waals surface area contributed by atoms with Gasteiger partial charge in [-0.25, -0.2) is 0 Å². The second-order valence-electron chi connectivity index (χ2n) is 4.55. The molecule has 2 aliphatic rings. The maximum absolute atomic E-state index is 4.33. The van der Waals surface area contributed by atoms with E-state index >= 15 is 0 Å². The molecule has 0 saturated heterocycles. The van der Waals surface area contributed by atoms with E-state index in [1.807, 2.05) is 19.3 Å². The van der Waals surface area contributed by atoms with Gasteiger partial charge in [-0.1, -0.05) is 19.9 Å². The first-order chi connectivity index (χ1) is 7.66. The zero-order chi connectivity index (χ0) is 11.5. The monoisotopic (exact) mass is 217 g/mol. The lowest BCUT2D eigenvalue weighted by atomic mass is 9.99. The standard InChI is InChI=1S/C13H19N3/c1-9(2)11-4-5-13(16-6-11)12-7-14-10(3)15-8-12/h4-5,7-10,14,16H,6H2,1-3H3. The Balaban J connectivity index is 2.11. The number of rotatable bonds is 2. The summed E-state index contributed by atoms with van der Waals surface area (Å²) in [5.41, 5.74) is 3.71. The Kier molecular flexibility index (Phi) is 3.13. The van der Waals surface area contributed by atoms with Crippen molar-refractivity contribution >= 4 is 6.21 Å². The maximum Gasteiger partial charge on any atom is 0.115 e. The molecule has 0 amide bonds.